The van der Waals surface area contributed by atoms with E-state index >= 15 is 0 Å². The van der Waals surface area contributed by atoms with Gasteiger partial charge in [0.15, 0.2) is 0 Å². The number of nitrogens with zero attached hydrogens (tertiary/aromatic N) is 1. The molecule has 0 bridgehead atoms. The van der Waals surface area contributed by atoms with Gasteiger partial charge in [0.05, 0.1) is 5.69 Å². The van der Waals surface area contributed by atoms with Crippen LogP contribution in [0.15, 0.2) is 4.42 Å². The summed E-state index contributed by atoms with van der Waals surface area (Å²) in [6.45, 7) is 8.28. The molecule has 0 saturated carbocycles. The van der Waals surface area contributed by atoms with Crippen LogP contribution in [-0.2, 0) is 5.41 Å². The average molecular weight is 227 g/mol. The highest BCUT2D eigenvalue weighted by atomic mass is 19.1. The van der Waals surface area contributed by atoms with Crippen LogP contribution in [-0.4, -0.2) is 4.98 Å². The highest BCUT2D eigenvalue weighted by Crippen LogP contribution is 2.35. The number of rotatable bonds is 6. The third kappa shape index (κ3) is 2.83. The van der Waals surface area contributed by atoms with E-state index in [1.54, 1.807) is 6.92 Å². The molecule has 1 rings (SSSR count). The highest BCUT2D eigenvalue weighted by Gasteiger charge is 2.31. The van der Waals surface area contributed by atoms with E-state index < -0.39 is 6.14 Å². The standard InChI is InChI=1S/C13H22FNO/c1-5-7-9-13(4,8-6-2)11-10(3)16-12(14)15-11/h5-9H2,1-4H3. The number of unbranched alkanes of at least 4 members (excludes halogenated alkanes) is 1. The van der Waals surface area contributed by atoms with E-state index in [1.807, 2.05) is 0 Å². The molecule has 0 radical (unpaired) electrons. The Morgan fingerprint density at radius 2 is 1.94 bits per heavy atom. The van der Waals surface area contributed by atoms with E-state index in [4.69, 9.17) is 4.42 Å². The smallest absolute Gasteiger partial charge is 0.381 e. The van der Waals surface area contributed by atoms with Gasteiger partial charge in [0.2, 0.25) is 0 Å². The molecule has 1 heterocycles. The fourth-order valence-electron chi connectivity index (χ4n) is 2.40. The Morgan fingerprint density at radius 3 is 2.38 bits per heavy atom. The maximum absolute atomic E-state index is 13.0. The van der Waals surface area contributed by atoms with Gasteiger partial charge in [0, 0.05) is 5.41 Å². The van der Waals surface area contributed by atoms with E-state index in [1.165, 1.54) is 0 Å². The zero-order chi connectivity index (χ0) is 12.2. The lowest BCUT2D eigenvalue weighted by atomic mass is 9.77. The maximum atomic E-state index is 13.0. The van der Waals surface area contributed by atoms with E-state index in [2.05, 4.69) is 25.8 Å². The van der Waals surface area contributed by atoms with Crippen LogP contribution >= 0.6 is 0 Å². The molecule has 0 aromatic carbocycles. The summed E-state index contributed by atoms with van der Waals surface area (Å²) in [5, 5.41) is 0. The van der Waals surface area contributed by atoms with Crippen molar-refractivity contribution < 1.29 is 8.81 Å². The third-order valence-corrected chi connectivity index (χ3v) is 3.23. The molecule has 0 aliphatic rings. The van der Waals surface area contributed by atoms with Gasteiger partial charge in [-0.25, -0.2) is 0 Å². The molecule has 2 nitrogen and oxygen atoms in total. The minimum Gasteiger partial charge on any atom is -0.420 e. The van der Waals surface area contributed by atoms with Crippen molar-refractivity contribution in [2.45, 2.75) is 65.2 Å². The van der Waals surface area contributed by atoms with Crippen LogP contribution in [0.2, 0.25) is 0 Å². The molecule has 0 amide bonds. The van der Waals surface area contributed by atoms with E-state index in [0.29, 0.717) is 5.76 Å². The molecule has 16 heavy (non-hydrogen) atoms. The Hall–Kier alpha value is -0.860. The Labute approximate surface area is 97.3 Å². The molecule has 0 aliphatic heterocycles. The molecular weight excluding hydrogens is 205 g/mol. The van der Waals surface area contributed by atoms with Crippen molar-refractivity contribution in [3.05, 3.63) is 17.6 Å². The molecule has 0 saturated heterocycles. The van der Waals surface area contributed by atoms with Gasteiger partial charge in [-0.3, -0.25) is 0 Å². The highest BCUT2D eigenvalue weighted by molar-refractivity contribution is 5.18. The van der Waals surface area contributed by atoms with Crippen molar-refractivity contribution in [2.75, 3.05) is 0 Å². The van der Waals surface area contributed by atoms with Gasteiger partial charge in [-0.15, -0.1) is 4.39 Å². The van der Waals surface area contributed by atoms with Crippen LogP contribution in [0.3, 0.4) is 0 Å². The molecule has 92 valence electrons. The predicted molar refractivity (Wildman–Crippen MR) is 63.0 cm³/mol. The summed E-state index contributed by atoms with van der Waals surface area (Å²) in [5.74, 6) is 0.629. The maximum Gasteiger partial charge on any atom is 0.381 e. The lowest BCUT2D eigenvalue weighted by Crippen LogP contribution is -2.23. The van der Waals surface area contributed by atoms with Gasteiger partial charge in [-0.1, -0.05) is 40.0 Å². The van der Waals surface area contributed by atoms with Crippen LogP contribution in [0.5, 0.6) is 0 Å². The third-order valence-electron chi connectivity index (χ3n) is 3.23. The predicted octanol–water partition coefficient (Wildman–Crippen LogP) is 4.37. The van der Waals surface area contributed by atoms with E-state index in [-0.39, 0.29) is 5.41 Å². The molecule has 1 aromatic heterocycles. The van der Waals surface area contributed by atoms with Crippen molar-refractivity contribution in [3.8, 4) is 0 Å². The molecule has 0 aliphatic carbocycles. The summed E-state index contributed by atoms with van der Waals surface area (Å²) in [5.41, 5.74) is 0.767. The minimum absolute atomic E-state index is 0.0390. The van der Waals surface area contributed by atoms with Gasteiger partial charge in [-0.05, 0) is 19.8 Å². The molecule has 1 aromatic rings. The number of halogens is 1. The Bertz CT molecular complexity index is 335. The number of oxazole rings is 1. The second-order valence-corrected chi connectivity index (χ2v) is 4.79. The second-order valence-electron chi connectivity index (χ2n) is 4.79. The van der Waals surface area contributed by atoms with Crippen molar-refractivity contribution in [1.29, 1.82) is 0 Å². The fourth-order valence-corrected chi connectivity index (χ4v) is 2.40. The summed E-state index contributed by atoms with van der Waals surface area (Å²) in [4.78, 5) is 3.92. The van der Waals surface area contributed by atoms with Crippen LogP contribution in [0, 0.1) is 13.1 Å². The van der Waals surface area contributed by atoms with Gasteiger partial charge >= 0.3 is 6.14 Å². The molecule has 1 unspecified atom stereocenters. The van der Waals surface area contributed by atoms with Crippen LogP contribution < -0.4 is 0 Å². The lowest BCUT2D eigenvalue weighted by molar-refractivity contribution is 0.324. The molecule has 3 heteroatoms. The monoisotopic (exact) mass is 227 g/mol. The summed E-state index contributed by atoms with van der Waals surface area (Å²) in [6, 6.07) is 0. The first-order valence-electron chi connectivity index (χ1n) is 6.17. The quantitative estimate of drug-likeness (QED) is 0.721. The Balaban J connectivity index is 2.95. The van der Waals surface area contributed by atoms with Crippen LogP contribution in [0.4, 0.5) is 4.39 Å². The van der Waals surface area contributed by atoms with Crippen molar-refractivity contribution in [1.82, 2.24) is 4.98 Å². The zero-order valence-corrected chi connectivity index (χ0v) is 10.8. The largest absolute Gasteiger partial charge is 0.420 e. The first kappa shape index (κ1) is 13.2. The molecule has 0 spiro atoms. The minimum atomic E-state index is -0.702. The van der Waals surface area contributed by atoms with Crippen molar-refractivity contribution in [3.63, 3.8) is 0 Å². The average Bonchev–Trinajstić information content (AvgIpc) is 2.56. The Morgan fingerprint density at radius 1 is 1.25 bits per heavy atom. The molecule has 1 atom stereocenters. The SMILES string of the molecule is CCCCC(C)(CCC)c1nc(F)oc1C. The summed E-state index contributed by atoms with van der Waals surface area (Å²) >= 11 is 0. The van der Waals surface area contributed by atoms with E-state index in [9.17, 15) is 4.39 Å². The number of aryl methyl sites for hydroxylation is 1. The molecule has 0 N–H and O–H groups in total. The topological polar surface area (TPSA) is 26.0 Å². The number of hydrogen-bond acceptors (Lipinski definition) is 2. The van der Waals surface area contributed by atoms with Gasteiger partial charge in [0.1, 0.15) is 5.76 Å². The summed E-state index contributed by atoms with van der Waals surface area (Å²) < 4.78 is 17.9. The van der Waals surface area contributed by atoms with E-state index in [0.717, 1.165) is 37.8 Å². The number of aromatic nitrogens is 1. The molecule has 0 fully saturated rings. The normalized spacial score (nSPS) is 15.1. The Kier molecular flexibility index (Phi) is 4.51. The van der Waals surface area contributed by atoms with Gasteiger partial charge in [0.25, 0.3) is 0 Å². The first-order chi connectivity index (χ1) is 7.53. The summed E-state index contributed by atoms with van der Waals surface area (Å²) in [7, 11) is 0. The van der Waals surface area contributed by atoms with Gasteiger partial charge < -0.3 is 4.42 Å². The lowest BCUT2D eigenvalue weighted by Gasteiger charge is -2.27. The van der Waals surface area contributed by atoms with Crippen LogP contribution in [0.1, 0.15) is 64.3 Å². The molecular formula is C13H22FNO. The van der Waals surface area contributed by atoms with Crippen LogP contribution in [0.25, 0.3) is 0 Å². The fraction of sp³-hybridized carbons (Fsp3) is 0.769. The number of hydrogen-bond donors (Lipinski definition) is 0. The first-order valence-corrected chi connectivity index (χ1v) is 6.17. The zero-order valence-electron chi connectivity index (χ0n) is 10.8. The van der Waals surface area contributed by atoms with Gasteiger partial charge in [-0.2, -0.15) is 4.98 Å². The summed E-state index contributed by atoms with van der Waals surface area (Å²) in [6.07, 6.45) is 4.74. The van der Waals surface area contributed by atoms with Crippen molar-refractivity contribution >= 4 is 0 Å². The van der Waals surface area contributed by atoms with Crippen molar-refractivity contribution in [2.24, 2.45) is 0 Å². The second kappa shape index (κ2) is 5.46.